The van der Waals surface area contributed by atoms with Crippen LogP contribution in [0.2, 0.25) is 0 Å². The Balaban J connectivity index is 1.93. The van der Waals surface area contributed by atoms with E-state index >= 15 is 0 Å². The maximum absolute atomic E-state index is 13.2. The van der Waals surface area contributed by atoms with Gasteiger partial charge in [-0.15, -0.1) is 0 Å². The van der Waals surface area contributed by atoms with Crippen LogP contribution in [0.1, 0.15) is 5.56 Å². The van der Waals surface area contributed by atoms with Gasteiger partial charge in [0.2, 0.25) is 5.95 Å². The van der Waals surface area contributed by atoms with Gasteiger partial charge in [-0.2, -0.15) is 24.7 Å². The Morgan fingerprint density at radius 3 is 2.81 bits per heavy atom. The maximum atomic E-state index is 13.2. The molecule has 1 aromatic carbocycles. The Hall–Kier alpha value is -3.10. The summed E-state index contributed by atoms with van der Waals surface area (Å²) in [6, 6.07) is 4.29. The molecule has 0 aliphatic rings. The number of rotatable bonds is 3. The lowest BCUT2D eigenvalue weighted by molar-refractivity contribution is 0.436. The van der Waals surface area contributed by atoms with E-state index in [4.69, 9.17) is 10.5 Å². The third-order valence-corrected chi connectivity index (χ3v) is 2.58. The van der Waals surface area contributed by atoms with Crippen LogP contribution in [-0.2, 0) is 0 Å². The lowest BCUT2D eigenvalue weighted by Gasteiger charge is -2.07. The molecule has 0 aliphatic carbocycles. The van der Waals surface area contributed by atoms with E-state index in [0.717, 1.165) is 0 Å². The molecule has 2 aromatic heterocycles. The van der Waals surface area contributed by atoms with Crippen LogP contribution in [0.25, 0.3) is 5.95 Å². The van der Waals surface area contributed by atoms with Gasteiger partial charge in [0.1, 0.15) is 24.2 Å². The highest BCUT2D eigenvalue weighted by atomic mass is 19.1. The first kappa shape index (κ1) is 12.9. The van der Waals surface area contributed by atoms with Crippen LogP contribution in [0.3, 0.4) is 0 Å². The molecule has 0 atom stereocenters. The zero-order chi connectivity index (χ0) is 14.8. The lowest BCUT2D eigenvalue weighted by Crippen LogP contribution is -2.08. The van der Waals surface area contributed by atoms with E-state index in [1.807, 2.05) is 0 Å². The number of nitrogen functional groups attached to an aromatic ring is 1. The molecule has 0 unspecified atom stereocenters. The number of benzene rings is 1. The summed E-state index contributed by atoms with van der Waals surface area (Å²) in [7, 11) is 0. The van der Waals surface area contributed by atoms with Crippen molar-refractivity contribution in [2.75, 3.05) is 5.73 Å². The van der Waals surface area contributed by atoms with Crippen LogP contribution >= 0.6 is 0 Å². The van der Waals surface area contributed by atoms with Gasteiger partial charge in [0.25, 0.3) is 5.95 Å². The molecule has 3 aromatic rings. The predicted octanol–water partition coefficient (Wildman–Crippen LogP) is 1.27. The van der Waals surface area contributed by atoms with Crippen LogP contribution in [0.4, 0.5) is 10.3 Å². The molecule has 0 saturated carbocycles. The zero-order valence-corrected chi connectivity index (χ0v) is 10.9. The third kappa shape index (κ3) is 2.76. The van der Waals surface area contributed by atoms with Crippen molar-refractivity contribution < 1.29 is 9.13 Å². The summed E-state index contributed by atoms with van der Waals surface area (Å²) in [6.45, 7) is 1.63. The fourth-order valence-electron chi connectivity index (χ4n) is 1.61. The molecule has 0 aliphatic heterocycles. The van der Waals surface area contributed by atoms with Gasteiger partial charge in [0.05, 0.1) is 0 Å². The molecule has 106 valence electrons. The monoisotopic (exact) mass is 287 g/mol. The molecule has 8 nitrogen and oxygen atoms in total. The Morgan fingerprint density at radius 2 is 2.10 bits per heavy atom. The van der Waals surface area contributed by atoms with Gasteiger partial charge in [-0.3, -0.25) is 0 Å². The molecule has 0 fully saturated rings. The standard InChI is InChI=1S/C12H10FN7O/c1-7-4-8(2-3-9(7)13)21-12-18-10(14)17-11(19-12)20-6-15-5-16-20/h2-6H,1H3,(H2,14,17,18,19). The molecule has 2 N–H and O–H groups in total. The highest BCUT2D eigenvalue weighted by molar-refractivity contribution is 5.32. The first-order valence-electron chi connectivity index (χ1n) is 5.92. The average Bonchev–Trinajstić information content (AvgIpc) is 2.96. The molecular weight excluding hydrogens is 277 g/mol. The van der Waals surface area contributed by atoms with Gasteiger partial charge in [0, 0.05) is 0 Å². The molecule has 2 heterocycles. The molecular formula is C12H10FN7O. The van der Waals surface area contributed by atoms with E-state index in [-0.39, 0.29) is 23.7 Å². The molecule has 0 saturated heterocycles. The number of nitrogens with zero attached hydrogens (tertiary/aromatic N) is 6. The first-order chi connectivity index (χ1) is 10.1. The van der Waals surface area contributed by atoms with Crippen molar-refractivity contribution >= 4 is 5.95 Å². The number of aromatic nitrogens is 6. The predicted molar refractivity (Wildman–Crippen MR) is 70.4 cm³/mol. The smallest absolute Gasteiger partial charge is 0.328 e. The number of ether oxygens (including phenoxy) is 1. The van der Waals surface area contributed by atoms with Crippen molar-refractivity contribution in [3.63, 3.8) is 0 Å². The highest BCUT2D eigenvalue weighted by Crippen LogP contribution is 2.21. The van der Waals surface area contributed by atoms with E-state index in [0.29, 0.717) is 11.3 Å². The second-order valence-corrected chi connectivity index (χ2v) is 4.13. The summed E-state index contributed by atoms with van der Waals surface area (Å²) in [5.74, 6) is 0.225. The fraction of sp³-hybridized carbons (Fsp3) is 0.0833. The largest absolute Gasteiger partial charge is 0.424 e. The minimum Gasteiger partial charge on any atom is -0.424 e. The average molecular weight is 287 g/mol. The first-order valence-corrected chi connectivity index (χ1v) is 5.92. The van der Waals surface area contributed by atoms with Gasteiger partial charge in [0.15, 0.2) is 0 Å². The van der Waals surface area contributed by atoms with Crippen LogP contribution in [0, 0.1) is 12.7 Å². The molecule has 0 bridgehead atoms. The summed E-state index contributed by atoms with van der Waals surface area (Å²) >= 11 is 0. The van der Waals surface area contributed by atoms with Gasteiger partial charge in [-0.05, 0) is 30.7 Å². The van der Waals surface area contributed by atoms with Gasteiger partial charge in [-0.1, -0.05) is 0 Å². The number of nitrogens with two attached hydrogens (primary N) is 1. The van der Waals surface area contributed by atoms with Crippen molar-refractivity contribution in [1.29, 1.82) is 0 Å². The quantitative estimate of drug-likeness (QED) is 0.773. The van der Waals surface area contributed by atoms with Crippen molar-refractivity contribution in [3.8, 4) is 17.7 Å². The van der Waals surface area contributed by atoms with Crippen molar-refractivity contribution in [2.45, 2.75) is 6.92 Å². The van der Waals surface area contributed by atoms with E-state index in [1.165, 1.54) is 35.5 Å². The number of halogens is 1. The SMILES string of the molecule is Cc1cc(Oc2nc(N)nc(-n3cncn3)n2)ccc1F. The molecule has 0 amide bonds. The van der Waals surface area contributed by atoms with E-state index < -0.39 is 0 Å². The van der Waals surface area contributed by atoms with Gasteiger partial charge >= 0.3 is 6.01 Å². The Bertz CT molecular complexity index is 775. The van der Waals surface area contributed by atoms with Crippen LogP contribution in [0.15, 0.2) is 30.9 Å². The van der Waals surface area contributed by atoms with Crippen LogP contribution < -0.4 is 10.5 Å². The van der Waals surface area contributed by atoms with E-state index in [9.17, 15) is 4.39 Å². The lowest BCUT2D eigenvalue weighted by atomic mass is 10.2. The molecule has 9 heteroatoms. The van der Waals surface area contributed by atoms with E-state index in [2.05, 4.69) is 25.0 Å². The van der Waals surface area contributed by atoms with Gasteiger partial charge < -0.3 is 10.5 Å². The topological polar surface area (TPSA) is 105 Å². The van der Waals surface area contributed by atoms with E-state index in [1.54, 1.807) is 6.92 Å². The van der Waals surface area contributed by atoms with Crippen molar-refractivity contribution in [2.24, 2.45) is 0 Å². The summed E-state index contributed by atoms with van der Waals surface area (Å²) in [5, 5.41) is 3.89. The Labute approximate surface area is 118 Å². The minimum atomic E-state index is -0.319. The normalized spacial score (nSPS) is 10.6. The minimum absolute atomic E-state index is 0.0148. The Kier molecular flexibility index (Phi) is 3.14. The number of anilines is 1. The third-order valence-electron chi connectivity index (χ3n) is 2.58. The summed E-state index contributed by atoms with van der Waals surface area (Å²) in [6.07, 6.45) is 2.75. The van der Waals surface area contributed by atoms with Crippen LogP contribution in [0.5, 0.6) is 11.8 Å². The Morgan fingerprint density at radius 1 is 1.24 bits per heavy atom. The summed E-state index contributed by atoms with van der Waals surface area (Å²) in [5.41, 5.74) is 6.06. The summed E-state index contributed by atoms with van der Waals surface area (Å²) in [4.78, 5) is 15.7. The fourth-order valence-corrected chi connectivity index (χ4v) is 1.61. The zero-order valence-electron chi connectivity index (χ0n) is 10.9. The number of hydrogen-bond donors (Lipinski definition) is 1. The van der Waals surface area contributed by atoms with Gasteiger partial charge in [-0.25, -0.2) is 9.37 Å². The van der Waals surface area contributed by atoms with Crippen molar-refractivity contribution in [1.82, 2.24) is 29.7 Å². The summed E-state index contributed by atoms with van der Waals surface area (Å²) < 4.78 is 20.0. The number of aryl methyl sites for hydroxylation is 1. The molecule has 21 heavy (non-hydrogen) atoms. The number of hydrogen-bond acceptors (Lipinski definition) is 7. The van der Waals surface area contributed by atoms with Crippen molar-refractivity contribution in [3.05, 3.63) is 42.2 Å². The molecule has 0 spiro atoms. The molecule has 3 rings (SSSR count). The highest BCUT2D eigenvalue weighted by Gasteiger charge is 2.09. The van der Waals surface area contributed by atoms with Crippen LogP contribution in [-0.4, -0.2) is 29.7 Å². The second-order valence-electron chi connectivity index (χ2n) is 4.13. The maximum Gasteiger partial charge on any atom is 0.328 e. The second kappa shape index (κ2) is 5.12. The molecule has 0 radical (unpaired) electrons.